The molecule has 2 N–H and O–H groups in total. The van der Waals surface area contributed by atoms with Crippen LogP contribution in [0, 0.1) is 11.8 Å². The van der Waals surface area contributed by atoms with Gasteiger partial charge in [-0.05, 0) is 55.6 Å². The van der Waals surface area contributed by atoms with Crippen LogP contribution < -0.4 is 10.6 Å². The summed E-state index contributed by atoms with van der Waals surface area (Å²) in [6.45, 7) is 5.55. The van der Waals surface area contributed by atoms with Crippen LogP contribution >= 0.6 is 0 Å². The molecule has 0 radical (unpaired) electrons. The Morgan fingerprint density at radius 1 is 1.19 bits per heavy atom. The zero-order valence-electron chi connectivity index (χ0n) is 13.1. The van der Waals surface area contributed by atoms with Crippen molar-refractivity contribution < 1.29 is 4.79 Å². The van der Waals surface area contributed by atoms with Crippen LogP contribution in [0.4, 0.5) is 5.69 Å². The van der Waals surface area contributed by atoms with Crippen LogP contribution in [-0.2, 0) is 6.42 Å². The molecule has 1 aromatic carbocycles. The highest BCUT2D eigenvalue weighted by Gasteiger charge is 2.26. The molecule has 0 aromatic heterocycles. The van der Waals surface area contributed by atoms with E-state index in [4.69, 9.17) is 0 Å². The molecule has 2 unspecified atom stereocenters. The van der Waals surface area contributed by atoms with Gasteiger partial charge in [0.2, 0.25) is 0 Å². The van der Waals surface area contributed by atoms with Crippen LogP contribution in [0.1, 0.15) is 55.5 Å². The van der Waals surface area contributed by atoms with Crippen molar-refractivity contribution in [2.24, 2.45) is 11.8 Å². The number of hydrogen-bond acceptors (Lipinski definition) is 2. The van der Waals surface area contributed by atoms with E-state index in [0.29, 0.717) is 17.9 Å². The zero-order chi connectivity index (χ0) is 14.8. The van der Waals surface area contributed by atoms with Crippen molar-refractivity contribution >= 4 is 11.6 Å². The van der Waals surface area contributed by atoms with Crippen LogP contribution in [0.25, 0.3) is 0 Å². The van der Waals surface area contributed by atoms with E-state index in [1.165, 1.54) is 12.0 Å². The van der Waals surface area contributed by atoms with E-state index in [1.807, 2.05) is 12.1 Å². The number of fused-ring (bicyclic) bond motifs is 1. The minimum atomic E-state index is 0.0903. The van der Waals surface area contributed by atoms with E-state index >= 15 is 0 Å². The zero-order valence-corrected chi connectivity index (χ0v) is 13.1. The van der Waals surface area contributed by atoms with Crippen LogP contribution in [0.5, 0.6) is 0 Å². The maximum atomic E-state index is 12.6. The molecule has 1 aliphatic carbocycles. The first-order valence-corrected chi connectivity index (χ1v) is 8.30. The number of para-hydroxylation sites is 1. The lowest BCUT2D eigenvalue weighted by atomic mass is 9.80. The van der Waals surface area contributed by atoms with E-state index in [1.54, 1.807) is 0 Å². The molecule has 21 heavy (non-hydrogen) atoms. The second kappa shape index (κ2) is 6.08. The molecule has 0 saturated heterocycles. The molecule has 1 amide bonds. The molecule has 1 aromatic rings. The Morgan fingerprint density at radius 3 is 2.71 bits per heavy atom. The first kappa shape index (κ1) is 14.4. The van der Waals surface area contributed by atoms with Gasteiger partial charge in [-0.3, -0.25) is 4.79 Å². The number of anilines is 1. The Labute approximate surface area is 127 Å². The topological polar surface area (TPSA) is 41.1 Å². The Balaban J connectivity index is 1.74. The highest BCUT2D eigenvalue weighted by Crippen LogP contribution is 2.30. The number of aryl methyl sites for hydroxylation is 1. The Bertz CT molecular complexity index is 516. The van der Waals surface area contributed by atoms with Crippen molar-refractivity contribution in [2.45, 2.75) is 52.0 Å². The summed E-state index contributed by atoms with van der Waals surface area (Å²) in [6.07, 6.45) is 5.72. The first-order valence-electron chi connectivity index (χ1n) is 8.30. The normalized spacial score (nSPS) is 28.4. The molecular formula is C18H26N2O. The van der Waals surface area contributed by atoms with Gasteiger partial charge in [0.15, 0.2) is 0 Å². The second-order valence-electron chi connectivity index (χ2n) is 6.96. The molecule has 0 spiro atoms. The number of amides is 1. The van der Waals surface area contributed by atoms with E-state index in [9.17, 15) is 4.79 Å². The van der Waals surface area contributed by atoms with E-state index < -0.39 is 0 Å². The summed E-state index contributed by atoms with van der Waals surface area (Å²) < 4.78 is 0. The molecule has 1 fully saturated rings. The van der Waals surface area contributed by atoms with Crippen molar-refractivity contribution in [2.75, 3.05) is 11.9 Å². The van der Waals surface area contributed by atoms with Gasteiger partial charge >= 0.3 is 0 Å². The molecule has 3 nitrogen and oxygen atoms in total. The van der Waals surface area contributed by atoms with Gasteiger partial charge < -0.3 is 10.6 Å². The maximum absolute atomic E-state index is 12.6. The summed E-state index contributed by atoms with van der Waals surface area (Å²) in [6, 6.07) is 6.41. The number of nitrogens with one attached hydrogen (secondary N) is 2. The van der Waals surface area contributed by atoms with E-state index in [2.05, 4.69) is 30.5 Å². The Hall–Kier alpha value is -1.51. The number of hydrogen-bond donors (Lipinski definition) is 2. The van der Waals surface area contributed by atoms with Gasteiger partial charge in [0, 0.05) is 12.6 Å². The minimum Gasteiger partial charge on any atom is -0.384 e. The average Bonchev–Trinajstić information content (AvgIpc) is 2.45. The van der Waals surface area contributed by atoms with Crippen molar-refractivity contribution in [3.8, 4) is 0 Å². The van der Waals surface area contributed by atoms with Crippen LogP contribution in [0.15, 0.2) is 18.2 Å². The SMILES string of the molecule is CC1CC(C)CC(NC(=O)c2cccc3c2NCCC3)C1. The summed E-state index contributed by atoms with van der Waals surface area (Å²) in [7, 11) is 0. The predicted octanol–water partition coefficient (Wildman–Crippen LogP) is 3.60. The number of rotatable bonds is 2. The van der Waals surface area contributed by atoms with Gasteiger partial charge in [0.05, 0.1) is 11.3 Å². The van der Waals surface area contributed by atoms with E-state index in [0.717, 1.165) is 43.5 Å². The van der Waals surface area contributed by atoms with Crippen molar-refractivity contribution in [1.82, 2.24) is 5.32 Å². The van der Waals surface area contributed by atoms with Gasteiger partial charge in [0.25, 0.3) is 5.91 Å². The van der Waals surface area contributed by atoms with Gasteiger partial charge in [-0.1, -0.05) is 26.0 Å². The van der Waals surface area contributed by atoms with Gasteiger partial charge in [0.1, 0.15) is 0 Å². The molecule has 3 rings (SSSR count). The fraction of sp³-hybridized carbons (Fsp3) is 0.611. The molecule has 1 aliphatic heterocycles. The lowest BCUT2D eigenvalue weighted by Gasteiger charge is -2.32. The van der Waals surface area contributed by atoms with Crippen molar-refractivity contribution in [3.63, 3.8) is 0 Å². The van der Waals surface area contributed by atoms with Gasteiger partial charge in [-0.2, -0.15) is 0 Å². The third kappa shape index (κ3) is 3.22. The average molecular weight is 286 g/mol. The van der Waals surface area contributed by atoms with Gasteiger partial charge in [-0.15, -0.1) is 0 Å². The molecular weight excluding hydrogens is 260 g/mol. The lowest BCUT2D eigenvalue weighted by Crippen LogP contribution is -2.40. The lowest BCUT2D eigenvalue weighted by molar-refractivity contribution is 0.0912. The van der Waals surface area contributed by atoms with Crippen molar-refractivity contribution in [1.29, 1.82) is 0 Å². The Kier molecular flexibility index (Phi) is 4.18. The summed E-state index contributed by atoms with van der Waals surface area (Å²) in [4.78, 5) is 12.6. The fourth-order valence-corrected chi connectivity index (χ4v) is 4.03. The number of carbonyl (C=O) groups excluding carboxylic acids is 1. The third-order valence-corrected chi connectivity index (χ3v) is 4.83. The second-order valence-corrected chi connectivity index (χ2v) is 6.96. The highest BCUT2D eigenvalue weighted by atomic mass is 16.1. The monoisotopic (exact) mass is 286 g/mol. The number of benzene rings is 1. The van der Waals surface area contributed by atoms with Crippen LogP contribution in [0.2, 0.25) is 0 Å². The summed E-state index contributed by atoms with van der Waals surface area (Å²) in [5, 5.41) is 6.67. The smallest absolute Gasteiger partial charge is 0.253 e. The molecule has 1 heterocycles. The predicted molar refractivity (Wildman–Crippen MR) is 86.7 cm³/mol. The van der Waals surface area contributed by atoms with Gasteiger partial charge in [-0.25, -0.2) is 0 Å². The largest absolute Gasteiger partial charge is 0.384 e. The molecule has 3 heteroatoms. The summed E-state index contributed by atoms with van der Waals surface area (Å²) in [5.41, 5.74) is 3.15. The summed E-state index contributed by atoms with van der Waals surface area (Å²) >= 11 is 0. The fourth-order valence-electron chi connectivity index (χ4n) is 4.03. The molecule has 114 valence electrons. The molecule has 2 atom stereocenters. The van der Waals surface area contributed by atoms with Crippen LogP contribution in [-0.4, -0.2) is 18.5 Å². The van der Waals surface area contributed by atoms with E-state index in [-0.39, 0.29) is 5.91 Å². The molecule has 2 aliphatic rings. The minimum absolute atomic E-state index is 0.0903. The molecule has 0 bridgehead atoms. The standard InChI is InChI=1S/C18H26N2O/c1-12-9-13(2)11-15(10-12)20-18(21)16-7-3-5-14-6-4-8-19-17(14)16/h3,5,7,12-13,15,19H,4,6,8-11H2,1-2H3,(H,20,21). The van der Waals surface area contributed by atoms with Crippen LogP contribution in [0.3, 0.4) is 0 Å². The number of carbonyl (C=O) groups is 1. The highest BCUT2D eigenvalue weighted by molar-refractivity contribution is 6.00. The summed E-state index contributed by atoms with van der Waals surface area (Å²) in [5.74, 6) is 1.51. The quantitative estimate of drug-likeness (QED) is 0.872. The van der Waals surface area contributed by atoms with Crippen molar-refractivity contribution in [3.05, 3.63) is 29.3 Å². The third-order valence-electron chi connectivity index (χ3n) is 4.83. The first-order chi connectivity index (χ1) is 10.1. The Morgan fingerprint density at radius 2 is 1.95 bits per heavy atom. The molecule has 1 saturated carbocycles. The maximum Gasteiger partial charge on any atom is 0.253 e.